The Morgan fingerprint density at radius 3 is 2.52 bits per heavy atom. The molecule has 0 saturated carbocycles. The van der Waals surface area contributed by atoms with Crippen LogP contribution in [0.25, 0.3) is 0 Å². The van der Waals surface area contributed by atoms with Crippen LogP contribution in [0.3, 0.4) is 0 Å². The van der Waals surface area contributed by atoms with Gasteiger partial charge >= 0.3 is 0 Å². The van der Waals surface area contributed by atoms with E-state index >= 15 is 0 Å². The first-order valence-corrected chi connectivity index (χ1v) is 12.0. The molecule has 2 N–H and O–H groups in total. The molecule has 170 valence electrons. The zero-order chi connectivity index (χ0) is 22.7. The van der Waals surface area contributed by atoms with Crippen molar-refractivity contribution in [3.05, 3.63) is 59.4 Å². The molecule has 0 saturated heterocycles. The standard InChI is InChI=1S/C22H30N2O6S/c1-3-5-13-30-20-10-7-17(8-11-20)21(25)12-14-31(27,28)24-22(26)18-6-9-19(23-15-18)16-29-4-2/h6-11,15,21,25H,3-5,12-14,16H2,1-2H3,(H,24,26). The number of benzene rings is 1. The summed E-state index contributed by atoms with van der Waals surface area (Å²) in [6.45, 7) is 5.43. The van der Waals surface area contributed by atoms with Gasteiger partial charge in [-0.25, -0.2) is 13.1 Å². The number of hydrogen-bond donors (Lipinski definition) is 2. The maximum Gasteiger partial charge on any atom is 0.266 e. The van der Waals surface area contributed by atoms with E-state index in [4.69, 9.17) is 9.47 Å². The molecule has 1 amide bonds. The molecule has 2 aromatic rings. The quantitative estimate of drug-likeness (QED) is 0.451. The van der Waals surface area contributed by atoms with Crippen molar-refractivity contribution in [2.75, 3.05) is 19.0 Å². The zero-order valence-corrected chi connectivity index (χ0v) is 18.7. The van der Waals surface area contributed by atoms with Crippen LogP contribution in [0.4, 0.5) is 0 Å². The normalized spacial score (nSPS) is 12.4. The van der Waals surface area contributed by atoms with Gasteiger partial charge in [-0.05, 0) is 49.6 Å². The predicted octanol–water partition coefficient (Wildman–Crippen LogP) is 2.98. The number of nitrogens with one attached hydrogen (secondary N) is 1. The van der Waals surface area contributed by atoms with Crippen LogP contribution in [0.5, 0.6) is 5.75 Å². The van der Waals surface area contributed by atoms with E-state index in [1.807, 2.05) is 11.6 Å². The van der Waals surface area contributed by atoms with Gasteiger partial charge in [-0.1, -0.05) is 25.5 Å². The van der Waals surface area contributed by atoms with Gasteiger partial charge in [0.05, 0.1) is 36.3 Å². The minimum atomic E-state index is -3.92. The third-order valence-electron chi connectivity index (χ3n) is 4.48. The van der Waals surface area contributed by atoms with E-state index in [9.17, 15) is 18.3 Å². The summed E-state index contributed by atoms with van der Waals surface area (Å²) in [4.78, 5) is 16.3. The highest BCUT2D eigenvalue weighted by Gasteiger charge is 2.19. The fourth-order valence-electron chi connectivity index (χ4n) is 2.66. The van der Waals surface area contributed by atoms with Gasteiger partial charge in [0.15, 0.2) is 0 Å². The van der Waals surface area contributed by atoms with Crippen LogP contribution in [0, 0.1) is 0 Å². The van der Waals surface area contributed by atoms with Crippen molar-refractivity contribution in [3.8, 4) is 5.75 Å². The van der Waals surface area contributed by atoms with E-state index in [0.29, 0.717) is 36.8 Å². The lowest BCUT2D eigenvalue weighted by molar-refractivity contribution is 0.0980. The Balaban J connectivity index is 1.85. The average Bonchev–Trinajstić information content (AvgIpc) is 2.77. The van der Waals surface area contributed by atoms with Gasteiger partial charge in [0.2, 0.25) is 10.0 Å². The number of carbonyl (C=O) groups excluding carboxylic acids is 1. The van der Waals surface area contributed by atoms with E-state index in [-0.39, 0.29) is 12.0 Å². The molecule has 0 fully saturated rings. The third-order valence-corrected chi connectivity index (χ3v) is 5.75. The molecule has 1 unspecified atom stereocenters. The number of pyridine rings is 1. The molecule has 8 nitrogen and oxygen atoms in total. The summed E-state index contributed by atoms with van der Waals surface area (Å²) < 4.78 is 37.3. The van der Waals surface area contributed by atoms with Gasteiger partial charge in [-0.3, -0.25) is 9.78 Å². The Bertz CT molecular complexity index is 914. The average molecular weight is 451 g/mol. The number of aliphatic hydroxyl groups is 1. The van der Waals surface area contributed by atoms with Crippen molar-refractivity contribution >= 4 is 15.9 Å². The van der Waals surface area contributed by atoms with Crippen LogP contribution in [0.15, 0.2) is 42.6 Å². The van der Waals surface area contributed by atoms with Crippen molar-refractivity contribution < 1.29 is 27.8 Å². The van der Waals surface area contributed by atoms with Gasteiger partial charge < -0.3 is 14.6 Å². The first-order valence-electron chi connectivity index (χ1n) is 10.3. The highest BCUT2D eigenvalue weighted by molar-refractivity contribution is 7.90. The predicted molar refractivity (Wildman–Crippen MR) is 117 cm³/mol. The lowest BCUT2D eigenvalue weighted by Crippen LogP contribution is -2.33. The van der Waals surface area contributed by atoms with E-state index in [0.717, 1.165) is 12.8 Å². The number of amides is 1. The van der Waals surface area contributed by atoms with Gasteiger partial charge in [0.25, 0.3) is 5.91 Å². The monoisotopic (exact) mass is 450 g/mol. The van der Waals surface area contributed by atoms with E-state index in [1.54, 1.807) is 30.3 Å². The number of unbranched alkanes of at least 4 members (excludes halogenated alkanes) is 1. The molecule has 0 spiro atoms. The summed E-state index contributed by atoms with van der Waals surface area (Å²) >= 11 is 0. The fraction of sp³-hybridized carbons (Fsp3) is 0.455. The Morgan fingerprint density at radius 1 is 1.16 bits per heavy atom. The largest absolute Gasteiger partial charge is 0.494 e. The second-order valence-electron chi connectivity index (χ2n) is 7.00. The molecule has 2 rings (SSSR count). The van der Waals surface area contributed by atoms with Gasteiger partial charge in [-0.2, -0.15) is 0 Å². The minimum Gasteiger partial charge on any atom is -0.494 e. The van der Waals surface area contributed by atoms with Crippen molar-refractivity contribution in [2.45, 2.75) is 45.8 Å². The van der Waals surface area contributed by atoms with Crippen molar-refractivity contribution in [2.24, 2.45) is 0 Å². The number of carbonyl (C=O) groups is 1. The lowest BCUT2D eigenvalue weighted by atomic mass is 10.1. The number of hydrogen-bond acceptors (Lipinski definition) is 7. The molecule has 1 heterocycles. The Kier molecular flexibility index (Phi) is 9.90. The summed E-state index contributed by atoms with van der Waals surface area (Å²) in [6.07, 6.45) is 2.28. The van der Waals surface area contributed by atoms with Crippen LogP contribution < -0.4 is 9.46 Å². The number of rotatable bonds is 13. The van der Waals surface area contributed by atoms with Crippen molar-refractivity contribution in [1.82, 2.24) is 9.71 Å². The van der Waals surface area contributed by atoms with Gasteiger partial charge in [0, 0.05) is 12.8 Å². The number of aromatic nitrogens is 1. The van der Waals surface area contributed by atoms with E-state index < -0.39 is 27.8 Å². The third kappa shape index (κ3) is 8.64. The van der Waals surface area contributed by atoms with Gasteiger partial charge in [0.1, 0.15) is 5.75 Å². The second kappa shape index (κ2) is 12.4. The Labute approximate surface area is 183 Å². The molecule has 9 heteroatoms. The SMILES string of the molecule is CCCCOc1ccc(C(O)CCS(=O)(=O)NC(=O)c2ccc(COCC)nc2)cc1. The maximum absolute atomic E-state index is 12.3. The summed E-state index contributed by atoms with van der Waals surface area (Å²) in [5.74, 6) is -0.464. The smallest absolute Gasteiger partial charge is 0.266 e. The van der Waals surface area contributed by atoms with Crippen LogP contribution in [-0.2, 0) is 21.4 Å². The molecule has 0 aliphatic carbocycles. The van der Waals surface area contributed by atoms with Crippen molar-refractivity contribution in [3.63, 3.8) is 0 Å². The van der Waals surface area contributed by atoms with Gasteiger partial charge in [-0.15, -0.1) is 0 Å². The van der Waals surface area contributed by atoms with Crippen LogP contribution >= 0.6 is 0 Å². The summed E-state index contributed by atoms with van der Waals surface area (Å²) in [5.41, 5.74) is 1.35. The zero-order valence-electron chi connectivity index (χ0n) is 17.9. The highest BCUT2D eigenvalue weighted by atomic mass is 32.2. The summed E-state index contributed by atoms with van der Waals surface area (Å²) in [5, 5.41) is 10.3. The minimum absolute atomic E-state index is 0.0514. The first-order chi connectivity index (χ1) is 14.8. The second-order valence-corrected chi connectivity index (χ2v) is 8.84. The lowest BCUT2D eigenvalue weighted by Gasteiger charge is -2.13. The van der Waals surface area contributed by atoms with E-state index in [2.05, 4.69) is 11.9 Å². The Hall–Kier alpha value is -2.49. The van der Waals surface area contributed by atoms with Crippen LogP contribution in [-0.4, -0.2) is 43.4 Å². The fourth-order valence-corrected chi connectivity index (χ4v) is 3.69. The number of nitrogens with zero attached hydrogens (tertiary/aromatic N) is 1. The summed E-state index contributed by atoms with van der Waals surface area (Å²) in [7, 11) is -3.92. The molecule has 0 aliphatic heterocycles. The number of aliphatic hydroxyl groups excluding tert-OH is 1. The molecule has 0 aliphatic rings. The Morgan fingerprint density at radius 2 is 1.90 bits per heavy atom. The molecule has 31 heavy (non-hydrogen) atoms. The maximum atomic E-state index is 12.3. The molecule has 0 radical (unpaired) electrons. The molecular weight excluding hydrogens is 420 g/mol. The summed E-state index contributed by atoms with van der Waals surface area (Å²) in [6, 6.07) is 9.99. The molecule has 1 aromatic heterocycles. The topological polar surface area (TPSA) is 115 Å². The highest BCUT2D eigenvalue weighted by Crippen LogP contribution is 2.21. The van der Waals surface area contributed by atoms with Crippen molar-refractivity contribution in [1.29, 1.82) is 0 Å². The number of sulfonamides is 1. The molecular formula is C22H30N2O6S. The molecule has 1 aromatic carbocycles. The van der Waals surface area contributed by atoms with E-state index in [1.165, 1.54) is 12.3 Å². The van der Waals surface area contributed by atoms with Crippen LogP contribution in [0.2, 0.25) is 0 Å². The number of ether oxygens (including phenoxy) is 2. The molecule has 0 bridgehead atoms. The molecule has 1 atom stereocenters. The first kappa shape index (κ1) is 24.8. The van der Waals surface area contributed by atoms with Crippen LogP contribution in [0.1, 0.15) is 60.8 Å².